The molecule has 2 N–H and O–H groups in total. The van der Waals surface area contributed by atoms with Gasteiger partial charge in [-0.1, -0.05) is 32.0 Å². The second kappa shape index (κ2) is 7.92. The van der Waals surface area contributed by atoms with Crippen LogP contribution in [0.4, 0.5) is 8.78 Å². The van der Waals surface area contributed by atoms with Crippen molar-refractivity contribution in [2.24, 2.45) is 0 Å². The first-order valence-corrected chi connectivity index (χ1v) is 7.80. The highest BCUT2D eigenvalue weighted by molar-refractivity contribution is 5.94. The van der Waals surface area contributed by atoms with Gasteiger partial charge in [0.05, 0.1) is 0 Å². The number of halogens is 2. The fourth-order valence-corrected chi connectivity index (χ4v) is 2.30. The smallest absolute Gasteiger partial charge is 0.326 e. The van der Waals surface area contributed by atoms with E-state index in [2.05, 4.69) is 13.8 Å². The van der Waals surface area contributed by atoms with Crippen LogP contribution in [-0.2, 0) is 4.79 Å². The normalized spacial score (nSPS) is 12.4. The first kappa shape index (κ1) is 18.6. The molecule has 1 aromatic carbocycles. The first-order valence-electron chi connectivity index (χ1n) is 7.80. The number of carbonyl (C=O) groups is 2. The van der Waals surface area contributed by atoms with Gasteiger partial charge in [0.15, 0.2) is 5.76 Å². The highest BCUT2D eigenvalue weighted by atomic mass is 19.3. The number of amides is 1. The topological polar surface area (TPSA) is 79.5 Å². The standard InChI is InChI=1S/C18H19F2NO4/c1-10(2)11-4-3-5-12(8-11)14-6-7-15(25-14)17(22)21-13(18(23)24)9-16(19)20/h3-8,10,13,16H,9H2,1-2H3,(H,21,22)(H,23,24). The fourth-order valence-electron chi connectivity index (χ4n) is 2.30. The first-order chi connectivity index (χ1) is 11.8. The van der Waals surface area contributed by atoms with Crippen molar-refractivity contribution in [1.82, 2.24) is 5.32 Å². The Kier molecular flexibility index (Phi) is 5.90. The number of hydrogen-bond acceptors (Lipinski definition) is 3. The Balaban J connectivity index is 2.16. The van der Waals surface area contributed by atoms with Crippen LogP contribution >= 0.6 is 0 Å². The van der Waals surface area contributed by atoms with Crippen LogP contribution in [0.5, 0.6) is 0 Å². The zero-order chi connectivity index (χ0) is 18.6. The lowest BCUT2D eigenvalue weighted by molar-refractivity contribution is -0.140. The van der Waals surface area contributed by atoms with Crippen LogP contribution in [0.3, 0.4) is 0 Å². The third-order valence-electron chi connectivity index (χ3n) is 3.68. The summed E-state index contributed by atoms with van der Waals surface area (Å²) in [6.45, 7) is 4.10. The second-order valence-corrected chi connectivity index (χ2v) is 5.94. The van der Waals surface area contributed by atoms with Gasteiger partial charge in [-0.2, -0.15) is 0 Å². The van der Waals surface area contributed by atoms with Gasteiger partial charge in [0.25, 0.3) is 5.91 Å². The Bertz CT molecular complexity index is 755. The van der Waals surface area contributed by atoms with E-state index in [0.29, 0.717) is 11.7 Å². The van der Waals surface area contributed by atoms with Gasteiger partial charge in [-0.3, -0.25) is 4.79 Å². The second-order valence-electron chi connectivity index (χ2n) is 5.94. The van der Waals surface area contributed by atoms with Gasteiger partial charge < -0.3 is 14.8 Å². The summed E-state index contributed by atoms with van der Waals surface area (Å²) >= 11 is 0. The third-order valence-corrected chi connectivity index (χ3v) is 3.68. The van der Waals surface area contributed by atoms with Crippen molar-refractivity contribution >= 4 is 11.9 Å². The van der Waals surface area contributed by atoms with Crippen LogP contribution in [0.1, 0.15) is 42.3 Å². The minimum Gasteiger partial charge on any atom is -0.480 e. The molecule has 0 bridgehead atoms. The lowest BCUT2D eigenvalue weighted by Gasteiger charge is -2.12. The number of carbonyl (C=O) groups excluding carboxylic acids is 1. The summed E-state index contributed by atoms with van der Waals surface area (Å²) in [4.78, 5) is 23.0. The molecule has 1 unspecified atom stereocenters. The Morgan fingerprint density at radius 2 is 1.92 bits per heavy atom. The van der Waals surface area contributed by atoms with Crippen molar-refractivity contribution < 1.29 is 27.9 Å². The van der Waals surface area contributed by atoms with Crippen LogP contribution in [0, 0.1) is 0 Å². The summed E-state index contributed by atoms with van der Waals surface area (Å²) in [6, 6.07) is 8.89. The van der Waals surface area contributed by atoms with Gasteiger partial charge in [0, 0.05) is 12.0 Å². The minimum absolute atomic E-state index is 0.134. The molecule has 0 fully saturated rings. The highest BCUT2D eigenvalue weighted by Gasteiger charge is 2.25. The fraction of sp³-hybridized carbons (Fsp3) is 0.333. The van der Waals surface area contributed by atoms with Crippen molar-refractivity contribution in [3.8, 4) is 11.3 Å². The predicted octanol–water partition coefficient (Wildman–Crippen LogP) is 3.91. The van der Waals surface area contributed by atoms with Crippen molar-refractivity contribution in [3.63, 3.8) is 0 Å². The van der Waals surface area contributed by atoms with Crippen LogP contribution in [0.25, 0.3) is 11.3 Å². The van der Waals surface area contributed by atoms with Crippen molar-refractivity contribution in [2.75, 3.05) is 0 Å². The lowest BCUT2D eigenvalue weighted by Crippen LogP contribution is -2.41. The molecule has 1 atom stereocenters. The number of hydrogen-bond donors (Lipinski definition) is 2. The number of alkyl halides is 2. The zero-order valence-corrected chi connectivity index (χ0v) is 13.8. The van der Waals surface area contributed by atoms with E-state index in [1.807, 2.05) is 29.6 Å². The maximum atomic E-state index is 12.4. The van der Waals surface area contributed by atoms with Gasteiger partial charge >= 0.3 is 5.97 Å². The van der Waals surface area contributed by atoms with Crippen molar-refractivity contribution in [3.05, 3.63) is 47.7 Å². The Morgan fingerprint density at radius 3 is 2.52 bits per heavy atom. The van der Waals surface area contributed by atoms with E-state index in [-0.39, 0.29) is 5.76 Å². The van der Waals surface area contributed by atoms with Gasteiger partial charge in [-0.25, -0.2) is 13.6 Å². The monoisotopic (exact) mass is 351 g/mol. The summed E-state index contributed by atoms with van der Waals surface area (Å²) < 4.78 is 30.2. The van der Waals surface area contributed by atoms with E-state index in [0.717, 1.165) is 11.1 Å². The molecule has 0 saturated carbocycles. The van der Waals surface area contributed by atoms with Gasteiger partial charge in [-0.05, 0) is 29.7 Å². The average molecular weight is 351 g/mol. The number of carboxylic acid groups (broad SMARTS) is 1. The summed E-state index contributed by atoms with van der Waals surface area (Å²) in [5.41, 5.74) is 1.87. The number of carboxylic acids is 1. The van der Waals surface area contributed by atoms with E-state index >= 15 is 0 Å². The van der Waals surface area contributed by atoms with Gasteiger partial charge in [0.1, 0.15) is 11.8 Å². The molecule has 2 rings (SSSR count). The molecule has 1 aromatic heterocycles. The Hall–Kier alpha value is -2.70. The molecular formula is C18H19F2NO4. The SMILES string of the molecule is CC(C)c1cccc(-c2ccc(C(=O)NC(CC(F)F)C(=O)O)o2)c1. The van der Waals surface area contributed by atoms with Crippen molar-refractivity contribution in [2.45, 2.75) is 38.7 Å². The van der Waals surface area contributed by atoms with Gasteiger partial charge in [-0.15, -0.1) is 0 Å². The Morgan fingerprint density at radius 1 is 1.20 bits per heavy atom. The summed E-state index contributed by atoms with van der Waals surface area (Å²) in [5, 5.41) is 11.0. The highest BCUT2D eigenvalue weighted by Crippen LogP contribution is 2.26. The molecule has 0 spiro atoms. The number of nitrogens with one attached hydrogen (secondary N) is 1. The molecule has 7 heteroatoms. The summed E-state index contributed by atoms with van der Waals surface area (Å²) in [7, 11) is 0. The number of furan rings is 1. The maximum absolute atomic E-state index is 12.4. The quantitative estimate of drug-likeness (QED) is 0.793. The molecule has 0 aliphatic rings. The summed E-state index contributed by atoms with van der Waals surface area (Å²) in [5.74, 6) is -1.74. The van der Waals surface area contributed by atoms with Crippen LogP contribution < -0.4 is 5.32 Å². The van der Waals surface area contributed by atoms with E-state index in [1.54, 1.807) is 6.07 Å². The molecule has 134 valence electrons. The van der Waals surface area contributed by atoms with Crippen LogP contribution in [0.2, 0.25) is 0 Å². The third kappa shape index (κ3) is 4.89. The minimum atomic E-state index is -2.84. The molecule has 0 aliphatic heterocycles. The predicted molar refractivity (Wildman–Crippen MR) is 87.7 cm³/mol. The molecule has 25 heavy (non-hydrogen) atoms. The molecule has 5 nitrogen and oxygen atoms in total. The largest absolute Gasteiger partial charge is 0.480 e. The maximum Gasteiger partial charge on any atom is 0.326 e. The van der Waals surface area contributed by atoms with E-state index in [4.69, 9.17) is 9.52 Å². The number of rotatable bonds is 7. The molecule has 1 amide bonds. The lowest BCUT2D eigenvalue weighted by atomic mass is 10.0. The number of benzene rings is 1. The molecular weight excluding hydrogens is 332 g/mol. The molecule has 0 radical (unpaired) electrons. The molecule has 0 aliphatic carbocycles. The van der Waals surface area contributed by atoms with E-state index < -0.39 is 30.8 Å². The number of aliphatic carboxylic acids is 1. The van der Waals surface area contributed by atoms with Crippen LogP contribution in [-0.4, -0.2) is 29.5 Å². The van der Waals surface area contributed by atoms with Crippen molar-refractivity contribution in [1.29, 1.82) is 0 Å². The van der Waals surface area contributed by atoms with Crippen LogP contribution in [0.15, 0.2) is 40.8 Å². The Labute approximate surface area is 143 Å². The van der Waals surface area contributed by atoms with Gasteiger partial charge in [0.2, 0.25) is 6.43 Å². The average Bonchev–Trinajstić information content (AvgIpc) is 3.04. The zero-order valence-electron chi connectivity index (χ0n) is 13.8. The molecule has 0 saturated heterocycles. The van der Waals surface area contributed by atoms with E-state index in [1.165, 1.54) is 6.07 Å². The van der Waals surface area contributed by atoms with E-state index in [9.17, 15) is 18.4 Å². The summed E-state index contributed by atoms with van der Waals surface area (Å²) in [6.07, 6.45) is -3.81. The molecule has 2 aromatic rings. The molecule has 1 heterocycles.